The summed E-state index contributed by atoms with van der Waals surface area (Å²) in [5.74, 6) is 0.923. The van der Waals surface area contributed by atoms with E-state index in [1.54, 1.807) is 11.3 Å². The Morgan fingerprint density at radius 2 is 0.488 bits per heavy atom. The van der Waals surface area contributed by atoms with Crippen molar-refractivity contribution in [3.05, 3.63) is 328 Å². The Labute approximate surface area is 501 Å². The topological polar surface area (TPSA) is 77.5 Å². The highest BCUT2D eigenvalue weighted by Gasteiger charge is 2.37. The van der Waals surface area contributed by atoms with Gasteiger partial charge in [0.25, 0.3) is 0 Å². The van der Waals surface area contributed by atoms with Crippen molar-refractivity contribution < 1.29 is 23.0 Å². The summed E-state index contributed by atoms with van der Waals surface area (Å²) in [5, 5.41) is 10.9. The standard InChI is InChI=1S/C36H28O3P2.C36H26O2P2S.H4P2/c37-40(29-17-5-1-6-18-29,30-19-7-2-8-20-30)35-27-15-13-25-33(35)39-34-26-14-16-28-36(34)41(38,31-21-9-3-10-22-31)32-23-11-4-12-24-32;37-39(27-13-5-1-6-14-27,28-15-7-2-8-16-28)31-21-23-35-33(25-31)34-26-32(22-24-36(34)41-35)40(38,29-17-9-3-10-18-29)30-19-11-4-12-20-30;1-2/h1-28H;1-26H;1-2H2/i;;1T. The number of para-hydroxylation sites is 2. The van der Waals surface area contributed by atoms with E-state index in [1.165, 1.54) is 0 Å². The molecule has 0 aliphatic rings. The molecule has 0 aliphatic carbocycles. The number of ether oxygens (including phenoxy) is 1. The lowest BCUT2D eigenvalue weighted by atomic mass is 10.1. The molecule has 1 aromatic heterocycles. The summed E-state index contributed by atoms with van der Waals surface area (Å²) in [7, 11) is -10.4. The zero-order valence-corrected chi connectivity index (χ0v) is 52.0. The van der Waals surface area contributed by atoms with E-state index in [0.717, 1.165) is 73.2 Å². The van der Waals surface area contributed by atoms with Crippen molar-refractivity contribution in [2.45, 2.75) is 0 Å². The zero-order valence-electron chi connectivity index (χ0n) is 46.5. The maximum atomic E-state index is 15.2. The van der Waals surface area contributed by atoms with Gasteiger partial charge in [-0.2, -0.15) is 0 Å². The molecule has 2 atom stereocenters. The van der Waals surface area contributed by atoms with E-state index < -0.39 is 28.6 Å². The van der Waals surface area contributed by atoms with Gasteiger partial charge in [0, 0.05) is 73.2 Å². The first-order valence-electron chi connectivity index (χ1n) is 27.7. The van der Waals surface area contributed by atoms with E-state index in [0.29, 0.717) is 22.1 Å². The lowest BCUT2D eigenvalue weighted by Crippen LogP contribution is -2.27. The number of rotatable bonds is 14. The highest BCUT2D eigenvalue weighted by Crippen LogP contribution is 2.50. The summed E-state index contributed by atoms with van der Waals surface area (Å²) in [6, 6.07) is 104. The molecule has 0 radical (unpaired) electrons. The predicted molar refractivity (Wildman–Crippen MR) is 369 cm³/mol. The Kier molecular flexibility index (Phi) is 17.7. The highest BCUT2D eigenvalue weighted by molar-refractivity contribution is 7.92. The van der Waals surface area contributed by atoms with Gasteiger partial charge in [-0.05, 0) is 60.7 Å². The minimum absolute atomic E-state index is 0.250. The van der Waals surface area contributed by atoms with E-state index in [4.69, 9.17) is 6.02 Å². The van der Waals surface area contributed by atoms with Crippen molar-refractivity contribution in [1.29, 1.82) is 1.28 Å². The third-order valence-corrected chi connectivity index (χ3v) is 28.2. The maximum Gasteiger partial charge on any atom is 0.174 e. The van der Waals surface area contributed by atoms with Crippen LogP contribution in [0, 0.1) is 0 Å². The monoisotopic (exact) mass is 1220 g/mol. The van der Waals surface area contributed by atoms with Gasteiger partial charge < -0.3 is 23.0 Å². The normalized spacial score (nSPS) is 11.9. The molecule has 0 spiro atoms. The smallest absolute Gasteiger partial charge is 0.174 e. The van der Waals surface area contributed by atoms with Gasteiger partial charge >= 0.3 is 0 Å². The number of hydrogen-bond donors (Lipinski definition) is 0. The summed E-state index contributed by atoms with van der Waals surface area (Å²) in [5.41, 5.74) is 0. The molecule has 412 valence electrons. The molecule has 0 N–H and O–H groups in total. The van der Waals surface area contributed by atoms with Crippen LogP contribution >= 0.6 is 57.7 Å². The molecule has 1 heterocycles. The molecule has 12 heteroatoms. The second kappa shape index (κ2) is 26.1. The number of thiophene rings is 1. The van der Waals surface area contributed by atoms with Gasteiger partial charge in [-0.1, -0.05) is 267 Å². The number of benzene rings is 12. The van der Waals surface area contributed by atoms with Crippen LogP contribution in [0.3, 0.4) is 0 Å². The van der Waals surface area contributed by atoms with Gasteiger partial charge in [-0.3, -0.25) is 0 Å². The third kappa shape index (κ3) is 11.3. The van der Waals surface area contributed by atoms with Crippen LogP contribution in [0.1, 0.15) is 0 Å². The zero-order chi connectivity index (χ0) is 58.7. The summed E-state index contributed by atoms with van der Waals surface area (Å²) in [6.07, 6.45) is 0. The van der Waals surface area contributed by atoms with E-state index in [1.807, 2.05) is 303 Å². The Balaban J connectivity index is 0.000000169. The molecule has 13 aromatic rings. The van der Waals surface area contributed by atoms with Crippen molar-refractivity contribution in [3.8, 4) is 11.5 Å². The third-order valence-electron chi connectivity index (χ3n) is 14.8. The maximum absolute atomic E-state index is 15.2. The van der Waals surface area contributed by atoms with Crippen LogP contribution < -0.4 is 68.4 Å². The first kappa shape index (κ1) is 56.9. The Bertz CT molecular complexity index is 4100. The first-order chi connectivity index (χ1) is 41.6. The van der Waals surface area contributed by atoms with Crippen molar-refractivity contribution >= 4 is 142 Å². The van der Waals surface area contributed by atoms with Crippen molar-refractivity contribution in [1.82, 2.24) is 0 Å². The van der Waals surface area contributed by atoms with Crippen LogP contribution in [0.15, 0.2) is 328 Å². The quantitative estimate of drug-likeness (QED) is 0.101. The Hall–Kier alpha value is -7.56. The average molecular weight is 1220 g/mol. The van der Waals surface area contributed by atoms with Crippen LogP contribution in [-0.2, 0) is 18.3 Å². The molecule has 0 bridgehead atoms. The van der Waals surface area contributed by atoms with E-state index in [-0.39, 0.29) is 8.87 Å². The second-order valence-corrected chi connectivity index (χ2v) is 31.7. The molecule has 0 aliphatic heterocycles. The van der Waals surface area contributed by atoms with Gasteiger partial charge in [-0.15, -0.1) is 29.1 Å². The fourth-order valence-corrected chi connectivity index (χ4v) is 22.7. The fraction of sp³-hybridized carbons (Fsp3) is 0. The minimum atomic E-state index is -3.32. The lowest BCUT2D eigenvalue weighted by Gasteiger charge is -2.25. The van der Waals surface area contributed by atoms with Gasteiger partial charge in [0.1, 0.15) is 11.5 Å². The van der Waals surface area contributed by atoms with Crippen LogP contribution in [0.4, 0.5) is 0 Å². The molecule has 0 saturated carbocycles. The molecule has 0 amide bonds. The van der Waals surface area contributed by atoms with Crippen molar-refractivity contribution in [3.63, 3.8) is 0 Å². The summed E-state index contributed by atoms with van der Waals surface area (Å²) in [4.78, 5) is 0. The van der Waals surface area contributed by atoms with E-state index >= 15 is 18.3 Å². The largest absolute Gasteiger partial charge is 0.456 e. The minimum Gasteiger partial charge on any atom is -0.456 e. The molecule has 2 unspecified atom stereocenters. The highest BCUT2D eigenvalue weighted by atomic mass is 32.1. The van der Waals surface area contributed by atoms with Crippen LogP contribution in [0.25, 0.3) is 20.2 Å². The van der Waals surface area contributed by atoms with Gasteiger partial charge in [-0.25, -0.2) is 0 Å². The SMILES string of the molecule is O=P(c1ccccc1)(c1ccccc1)c1ccc2sc3ccc(P(=O)(c4ccccc4)c4ccccc4)cc3c2c1.O=P(c1ccccc1)(c1ccccc1)c1ccccc1Oc1ccccc1P(=O)(c1ccccc1)c1ccccc1.[3H]PP. The summed E-state index contributed by atoms with van der Waals surface area (Å²) in [6.45, 7) is 0. The molecule has 12 aromatic carbocycles. The van der Waals surface area contributed by atoms with Crippen molar-refractivity contribution in [2.24, 2.45) is 0 Å². The van der Waals surface area contributed by atoms with Gasteiger partial charge in [0.15, 0.2) is 28.6 Å². The van der Waals surface area contributed by atoms with E-state index in [2.05, 4.69) is 33.2 Å². The molecule has 0 fully saturated rings. The average Bonchev–Trinajstić information content (AvgIpc) is 2.49. The first-order valence-corrected chi connectivity index (χ1v) is 37.1. The molecule has 84 heavy (non-hydrogen) atoms. The summed E-state index contributed by atoms with van der Waals surface area (Å²) >= 11 is 1.70. The van der Waals surface area contributed by atoms with Crippen LogP contribution in [-0.4, -0.2) is 1.28 Å². The molecule has 13 rings (SSSR count). The Morgan fingerprint density at radius 1 is 0.274 bits per heavy atom. The molecular weight excluding hydrogens is 1160 g/mol. The van der Waals surface area contributed by atoms with Gasteiger partial charge in [0.05, 0.1) is 11.9 Å². The molecule has 0 saturated heterocycles. The fourth-order valence-electron chi connectivity index (χ4n) is 10.7. The van der Waals surface area contributed by atoms with Crippen LogP contribution in [0.5, 0.6) is 11.5 Å². The second-order valence-electron chi connectivity index (χ2n) is 19.6. The number of fused-ring (bicyclic) bond motifs is 3. The van der Waals surface area contributed by atoms with Crippen molar-refractivity contribution in [2.75, 3.05) is 0 Å². The predicted octanol–water partition coefficient (Wildman–Crippen LogP) is 14.7. The van der Waals surface area contributed by atoms with E-state index in [9.17, 15) is 0 Å². The Morgan fingerprint density at radius 3 is 0.738 bits per heavy atom. The van der Waals surface area contributed by atoms with Gasteiger partial charge in [0.2, 0.25) is 0 Å². The van der Waals surface area contributed by atoms with Crippen LogP contribution in [0.2, 0.25) is 0 Å². The molecular formula is C72H58O5P6S. The molecule has 5 nitrogen and oxygen atoms in total. The number of hydrogen-bond acceptors (Lipinski definition) is 6. The summed E-state index contributed by atoms with van der Waals surface area (Å²) < 4.78 is 75.7. The lowest BCUT2D eigenvalue weighted by molar-refractivity contribution is 0.489.